The third-order valence-corrected chi connectivity index (χ3v) is 6.45. The van der Waals surface area contributed by atoms with Crippen molar-refractivity contribution in [2.24, 2.45) is 4.99 Å². The van der Waals surface area contributed by atoms with Crippen LogP contribution in [0.5, 0.6) is 0 Å². The van der Waals surface area contributed by atoms with Gasteiger partial charge in [0, 0.05) is 19.6 Å². The fraction of sp³-hybridized carbons (Fsp3) is 0.750. The molecule has 0 aromatic carbocycles. The van der Waals surface area contributed by atoms with Crippen LogP contribution >= 0.6 is 0 Å². The lowest BCUT2D eigenvalue weighted by molar-refractivity contribution is -0.0584. The normalized spacial score (nSPS) is 22.5. The van der Waals surface area contributed by atoms with Crippen molar-refractivity contribution < 1.29 is 33.5 Å². The van der Waals surface area contributed by atoms with E-state index in [9.17, 15) is 19.6 Å². The summed E-state index contributed by atoms with van der Waals surface area (Å²) in [6.07, 6.45) is -0.00289. The Bertz CT molecular complexity index is 1100. The van der Waals surface area contributed by atoms with Gasteiger partial charge < -0.3 is 23.7 Å². The number of likely N-dealkylation sites (tertiary alicyclic amines) is 1. The van der Waals surface area contributed by atoms with Crippen LogP contribution in [0.4, 0.5) is 14.4 Å². The molecule has 0 saturated carbocycles. The zero-order chi connectivity index (χ0) is 28.0. The minimum Gasteiger partial charge on any atom is -0.444 e. The summed E-state index contributed by atoms with van der Waals surface area (Å²) in [5.74, 6) is 0.961. The van der Waals surface area contributed by atoms with E-state index in [0.29, 0.717) is 38.3 Å². The monoisotopic (exact) mass is 535 g/mol. The molecule has 210 valence electrons. The minimum atomic E-state index is -0.711. The summed E-state index contributed by atoms with van der Waals surface area (Å²) in [4.78, 5) is 46.4. The maximum absolute atomic E-state index is 13.1. The SMILES string of the molecule is C/C(=N/C(=O)OC(C)(C)C)N1CC(N(Cc2nnc([C@@H]3CC[C@@H]4CN3C(=O)N4O)o2)C(=O)OC(C)(C)C)C1. The molecule has 3 fully saturated rings. The lowest BCUT2D eigenvalue weighted by atomic mass is 10.0. The van der Waals surface area contributed by atoms with Gasteiger partial charge in [0.05, 0.1) is 12.1 Å². The van der Waals surface area contributed by atoms with E-state index in [0.717, 1.165) is 5.06 Å². The Labute approximate surface area is 221 Å². The first kappa shape index (κ1) is 27.6. The molecular formula is C24H37N7O7. The highest BCUT2D eigenvalue weighted by Crippen LogP contribution is 2.37. The molecule has 4 rings (SSSR count). The molecule has 2 bridgehead atoms. The fourth-order valence-corrected chi connectivity index (χ4v) is 4.59. The summed E-state index contributed by atoms with van der Waals surface area (Å²) >= 11 is 0. The van der Waals surface area contributed by atoms with Crippen molar-refractivity contribution in [3.05, 3.63) is 11.8 Å². The number of ether oxygens (including phenoxy) is 2. The highest BCUT2D eigenvalue weighted by Gasteiger charge is 2.47. The molecule has 14 nitrogen and oxygen atoms in total. The van der Waals surface area contributed by atoms with Crippen LogP contribution in [0, 0.1) is 0 Å². The molecule has 1 aromatic rings. The second-order valence-corrected chi connectivity index (χ2v) is 11.9. The van der Waals surface area contributed by atoms with Crippen LogP contribution in [0.3, 0.4) is 0 Å². The summed E-state index contributed by atoms with van der Waals surface area (Å²) in [7, 11) is 0. The number of carbonyl (C=O) groups is 3. The molecule has 0 unspecified atom stereocenters. The Kier molecular flexibility index (Phi) is 7.30. The van der Waals surface area contributed by atoms with Crippen LogP contribution in [-0.4, -0.2) is 102 Å². The highest BCUT2D eigenvalue weighted by atomic mass is 16.6. The topological polar surface area (TPSA) is 154 Å². The van der Waals surface area contributed by atoms with Crippen LogP contribution in [0.15, 0.2) is 9.41 Å². The molecule has 1 aromatic heterocycles. The molecule has 3 aliphatic rings. The maximum Gasteiger partial charge on any atom is 0.435 e. The first-order valence-electron chi connectivity index (χ1n) is 12.7. The number of piperidine rings is 1. The number of amides is 4. The van der Waals surface area contributed by atoms with Gasteiger partial charge in [-0.25, -0.2) is 19.4 Å². The van der Waals surface area contributed by atoms with Crippen molar-refractivity contribution in [3.8, 4) is 0 Å². The standard InChI is InChI=1S/C24H37N7O7/c1-14(25-20(32)37-23(2,3)4)28-10-16(11-28)29(22(34)38-24(5,6)7)13-18-26-27-19(36-18)17-9-8-15-12-30(17)21(33)31(15)35/h15-17,35H,8-13H2,1-7H3/b25-14-/t15-,17+/m1/s1. The van der Waals surface area contributed by atoms with Gasteiger partial charge >= 0.3 is 18.2 Å². The highest BCUT2D eigenvalue weighted by molar-refractivity contribution is 5.91. The van der Waals surface area contributed by atoms with E-state index in [1.165, 1.54) is 9.80 Å². The van der Waals surface area contributed by atoms with Crippen molar-refractivity contribution in [2.75, 3.05) is 19.6 Å². The number of aliphatic imine (C=N–C) groups is 1. The Morgan fingerprint density at radius 2 is 1.74 bits per heavy atom. The largest absolute Gasteiger partial charge is 0.444 e. The Balaban J connectivity index is 1.44. The van der Waals surface area contributed by atoms with Crippen molar-refractivity contribution in [3.63, 3.8) is 0 Å². The van der Waals surface area contributed by atoms with E-state index >= 15 is 0 Å². The third-order valence-electron chi connectivity index (χ3n) is 6.45. The summed E-state index contributed by atoms with van der Waals surface area (Å²) in [5.41, 5.74) is -1.36. The van der Waals surface area contributed by atoms with E-state index in [2.05, 4.69) is 15.2 Å². The van der Waals surface area contributed by atoms with Crippen LogP contribution < -0.4 is 0 Å². The van der Waals surface area contributed by atoms with E-state index in [4.69, 9.17) is 13.9 Å². The van der Waals surface area contributed by atoms with Gasteiger partial charge in [0.15, 0.2) is 0 Å². The van der Waals surface area contributed by atoms with Gasteiger partial charge in [0.25, 0.3) is 0 Å². The molecule has 3 saturated heterocycles. The molecule has 2 atom stereocenters. The van der Waals surface area contributed by atoms with Gasteiger partial charge in [0.2, 0.25) is 11.8 Å². The van der Waals surface area contributed by atoms with Gasteiger partial charge in [-0.1, -0.05) is 0 Å². The van der Waals surface area contributed by atoms with Gasteiger partial charge in [-0.2, -0.15) is 4.99 Å². The summed E-state index contributed by atoms with van der Waals surface area (Å²) in [6, 6.07) is -1.39. The molecule has 4 amide bonds. The second kappa shape index (κ2) is 10.0. The molecule has 14 heteroatoms. The number of fused-ring (bicyclic) bond motifs is 2. The van der Waals surface area contributed by atoms with E-state index < -0.39 is 35.5 Å². The van der Waals surface area contributed by atoms with Crippen LogP contribution in [-0.2, 0) is 16.0 Å². The number of rotatable bonds is 4. The number of hydrogen-bond donors (Lipinski definition) is 1. The van der Waals surface area contributed by atoms with Crippen LogP contribution in [0.2, 0.25) is 0 Å². The number of nitrogens with zero attached hydrogens (tertiary/aromatic N) is 7. The first-order valence-corrected chi connectivity index (χ1v) is 12.7. The number of amidine groups is 1. The van der Waals surface area contributed by atoms with Crippen molar-refractivity contribution in [1.29, 1.82) is 0 Å². The molecular weight excluding hydrogens is 498 g/mol. The molecule has 0 aliphatic carbocycles. The van der Waals surface area contributed by atoms with E-state index in [1.807, 2.05) is 4.90 Å². The first-order chi connectivity index (χ1) is 17.6. The molecule has 0 radical (unpaired) electrons. The zero-order valence-corrected chi connectivity index (χ0v) is 23.0. The molecule has 3 aliphatic heterocycles. The van der Waals surface area contributed by atoms with Gasteiger partial charge in [-0.05, 0) is 61.3 Å². The Hall–Kier alpha value is -3.42. The van der Waals surface area contributed by atoms with Crippen molar-refractivity contribution in [1.82, 2.24) is 30.0 Å². The molecule has 38 heavy (non-hydrogen) atoms. The summed E-state index contributed by atoms with van der Waals surface area (Å²) in [5, 5.41) is 19.0. The Morgan fingerprint density at radius 1 is 1.08 bits per heavy atom. The number of hydrogen-bond acceptors (Lipinski definition) is 9. The van der Waals surface area contributed by atoms with Crippen molar-refractivity contribution >= 4 is 24.1 Å². The lowest BCUT2D eigenvalue weighted by Crippen LogP contribution is -2.62. The molecule has 0 spiro atoms. The van der Waals surface area contributed by atoms with E-state index in [-0.39, 0.29) is 30.4 Å². The fourth-order valence-electron chi connectivity index (χ4n) is 4.59. The predicted molar refractivity (Wildman–Crippen MR) is 132 cm³/mol. The zero-order valence-electron chi connectivity index (χ0n) is 23.0. The maximum atomic E-state index is 13.1. The number of hydroxylamine groups is 2. The third kappa shape index (κ3) is 6.17. The van der Waals surface area contributed by atoms with Crippen molar-refractivity contribution in [2.45, 2.75) is 97.2 Å². The number of carbonyl (C=O) groups excluding carboxylic acids is 3. The number of aromatic nitrogens is 2. The smallest absolute Gasteiger partial charge is 0.435 e. The van der Waals surface area contributed by atoms with Gasteiger partial charge in [0.1, 0.15) is 29.6 Å². The van der Waals surface area contributed by atoms with Gasteiger partial charge in [-0.3, -0.25) is 10.1 Å². The van der Waals surface area contributed by atoms with E-state index in [1.54, 1.807) is 48.5 Å². The average Bonchev–Trinajstić information content (AvgIpc) is 3.29. The van der Waals surface area contributed by atoms with Gasteiger partial charge in [-0.15, -0.1) is 10.2 Å². The lowest BCUT2D eigenvalue weighted by Gasteiger charge is -2.45. The number of urea groups is 1. The Morgan fingerprint density at radius 3 is 2.37 bits per heavy atom. The minimum absolute atomic E-state index is 0.0120. The molecule has 1 N–H and O–H groups in total. The summed E-state index contributed by atoms with van der Waals surface area (Å²) < 4.78 is 16.8. The molecule has 4 heterocycles. The quantitative estimate of drug-likeness (QED) is 0.345. The average molecular weight is 536 g/mol. The van der Waals surface area contributed by atoms with Crippen LogP contribution in [0.1, 0.15) is 79.1 Å². The second-order valence-electron chi connectivity index (χ2n) is 11.9. The predicted octanol–water partition coefficient (Wildman–Crippen LogP) is 3.17. The summed E-state index contributed by atoms with van der Waals surface area (Å²) in [6.45, 7) is 13.6. The van der Waals surface area contributed by atoms with Crippen LogP contribution in [0.25, 0.3) is 0 Å².